The summed E-state index contributed by atoms with van der Waals surface area (Å²) in [6, 6.07) is 11.2. The maximum absolute atomic E-state index is 13.0. The number of halogens is 3. The summed E-state index contributed by atoms with van der Waals surface area (Å²) in [4.78, 5) is 23.7. The number of carboxylic acids is 1. The molecule has 0 radical (unpaired) electrons. The van der Waals surface area contributed by atoms with Crippen molar-refractivity contribution in [1.82, 2.24) is 5.32 Å². The number of carbonyl (C=O) groups excluding carboxylic acids is 1. The summed E-state index contributed by atoms with van der Waals surface area (Å²) in [6.07, 6.45) is -4.56. The Kier molecular flexibility index (Phi) is 7.03. The Balaban J connectivity index is 2.06. The number of nitrogens with one attached hydrogen (secondary N) is 1. The molecule has 0 spiro atoms. The van der Waals surface area contributed by atoms with Gasteiger partial charge in [-0.1, -0.05) is 24.3 Å². The van der Waals surface area contributed by atoms with Gasteiger partial charge in [0.05, 0.1) is 23.7 Å². The number of rotatable bonds is 8. The van der Waals surface area contributed by atoms with E-state index in [1.165, 1.54) is 12.1 Å². The van der Waals surface area contributed by atoms with Crippen LogP contribution in [0.5, 0.6) is 5.75 Å². The minimum absolute atomic E-state index is 0.114. The van der Waals surface area contributed by atoms with E-state index in [-0.39, 0.29) is 13.0 Å². The third kappa shape index (κ3) is 5.73. The summed E-state index contributed by atoms with van der Waals surface area (Å²) in [7, 11) is 0. The molecule has 1 amide bonds. The quantitative estimate of drug-likeness (QED) is 0.713. The Morgan fingerprint density at radius 2 is 1.75 bits per heavy atom. The van der Waals surface area contributed by atoms with E-state index in [0.29, 0.717) is 17.9 Å². The van der Waals surface area contributed by atoms with E-state index in [2.05, 4.69) is 5.32 Å². The fraction of sp³-hybridized carbons (Fsp3) is 0.300. The first kappa shape index (κ1) is 21.3. The summed E-state index contributed by atoms with van der Waals surface area (Å²) >= 11 is 0. The monoisotopic (exact) mass is 395 g/mol. The molecule has 1 unspecified atom stereocenters. The second-order valence-corrected chi connectivity index (χ2v) is 6.07. The minimum Gasteiger partial charge on any atom is -0.494 e. The first-order chi connectivity index (χ1) is 13.2. The highest BCUT2D eigenvalue weighted by atomic mass is 19.4. The van der Waals surface area contributed by atoms with Gasteiger partial charge in [0.1, 0.15) is 5.75 Å². The molecule has 8 heteroatoms. The molecule has 0 aliphatic carbocycles. The SMILES string of the molecule is CCOc1ccc(CC(CNC(=O)c2ccccc2C(F)(F)F)C(=O)O)cc1. The maximum Gasteiger partial charge on any atom is 0.417 e. The number of hydrogen-bond acceptors (Lipinski definition) is 3. The zero-order chi connectivity index (χ0) is 20.7. The molecule has 0 heterocycles. The number of benzene rings is 2. The molecule has 2 aromatic carbocycles. The molecule has 2 N–H and O–H groups in total. The van der Waals surface area contributed by atoms with Crippen LogP contribution in [0.1, 0.15) is 28.4 Å². The van der Waals surface area contributed by atoms with Crippen LogP contribution < -0.4 is 10.1 Å². The number of ether oxygens (including phenoxy) is 1. The Morgan fingerprint density at radius 1 is 1.11 bits per heavy atom. The molecular formula is C20H20F3NO4. The van der Waals surface area contributed by atoms with Crippen molar-refractivity contribution in [3.63, 3.8) is 0 Å². The van der Waals surface area contributed by atoms with Crippen LogP contribution in [-0.4, -0.2) is 30.1 Å². The van der Waals surface area contributed by atoms with E-state index in [1.54, 1.807) is 24.3 Å². The zero-order valence-electron chi connectivity index (χ0n) is 15.1. The van der Waals surface area contributed by atoms with E-state index < -0.39 is 35.1 Å². The van der Waals surface area contributed by atoms with Crippen molar-refractivity contribution in [3.8, 4) is 5.75 Å². The first-order valence-electron chi connectivity index (χ1n) is 8.61. The normalized spacial score (nSPS) is 12.3. The standard InChI is InChI=1S/C20H20F3NO4/c1-2-28-15-9-7-13(8-10-15)11-14(19(26)27)12-24-18(25)16-5-3-4-6-17(16)20(21,22)23/h3-10,14H,2,11-12H2,1H3,(H,24,25)(H,26,27). The van der Waals surface area contributed by atoms with E-state index in [9.17, 15) is 27.9 Å². The topological polar surface area (TPSA) is 75.6 Å². The van der Waals surface area contributed by atoms with Crippen molar-refractivity contribution in [1.29, 1.82) is 0 Å². The fourth-order valence-corrected chi connectivity index (χ4v) is 2.66. The lowest BCUT2D eigenvalue weighted by atomic mass is 9.99. The molecule has 2 rings (SSSR count). The number of carbonyl (C=O) groups is 2. The molecule has 0 aliphatic heterocycles. The van der Waals surface area contributed by atoms with Gasteiger partial charge < -0.3 is 15.2 Å². The van der Waals surface area contributed by atoms with Crippen molar-refractivity contribution in [3.05, 3.63) is 65.2 Å². The second-order valence-electron chi connectivity index (χ2n) is 6.07. The number of aliphatic carboxylic acids is 1. The van der Waals surface area contributed by atoms with Crippen molar-refractivity contribution < 1.29 is 32.6 Å². The molecule has 28 heavy (non-hydrogen) atoms. The molecule has 1 atom stereocenters. The van der Waals surface area contributed by atoms with Gasteiger partial charge in [0.2, 0.25) is 0 Å². The van der Waals surface area contributed by atoms with Crippen LogP contribution in [0.2, 0.25) is 0 Å². The van der Waals surface area contributed by atoms with E-state index in [4.69, 9.17) is 4.74 Å². The van der Waals surface area contributed by atoms with Crippen molar-refractivity contribution in [2.24, 2.45) is 5.92 Å². The molecule has 2 aromatic rings. The summed E-state index contributed by atoms with van der Waals surface area (Å²) < 4.78 is 44.4. The Labute approximate surface area is 160 Å². The number of alkyl halides is 3. The molecule has 150 valence electrons. The van der Waals surface area contributed by atoms with Gasteiger partial charge in [0.25, 0.3) is 5.91 Å². The lowest BCUT2D eigenvalue weighted by molar-refractivity contribution is -0.141. The van der Waals surface area contributed by atoms with E-state index in [1.807, 2.05) is 6.92 Å². The van der Waals surface area contributed by atoms with Gasteiger partial charge in [-0.15, -0.1) is 0 Å². The van der Waals surface area contributed by atoms with Gasteiger partial charge in [-0.05, 0) is 43.2 Å². The van der Waals surface area contributed by atoms with Crippen molar-refractivity contribution >= 4 is 11.9 Å². The van der Waals surface area contributed by atoms with Crippen LogP contribution in [0.3, 0.4) is 0 Å². The molecule has 0 bridgehead atoms. The van der Waals surface area contributed by atoms with E-state index >= 15 is 0 Å². The lowest BCUT2D eigenvalue weighted by Crippen LogP contribution is -2.35. The highest BCUT2D eigenvalue weighted by Crippen LogP contribution is 2.31. The van der Waals surface area contributed by atoms with E-state index in [0.717, 1.165) is 12.1 Å². The van der Waals surface area contributed by atoms with Crippen molar-refractivity contribution in [2.45, 2.75) is 19.5 Å². The van der Waals surface area contributed by atoms with Crippen LogP contribution in [0.15, 0.2) is 48.5 Å². The molecular weight excluding hydrogens is 375 g/mol. The lowest BCUT2D eigenvalue weighted by Gasteiger charge is -2.16. The van der Waals surface area contributed by atoms with Gasteiger partial charge >= 0.3 is 12.1 Å². The highest BCUT2D eigenvalue weighted by molar-refractivity contribution is 5.96. The largest absolute Gasteiger partial charge is 0.494 e. The molecule has 0 aliphatic rings. The Bertz CT molecular complexity index is 819. The average molecular weight is 395 g/mol. The zero-order valence-corrected chi connectivity index (χ0v) is 15.1. The third-order valence-corrected chi connectivity index (χ3v) is 4.05. The second kappa shape index (κ2) is 9.25. The summed E-state index contributed by atoms with van der Waals surface area (Å²) in [6.45, 7) is 2.05. The third-order valence-electron chi connectivity index (χ3n) is 4.05. The van der Waals surface area contributed by atoms with Crippen LogP contribution in [0.25, 0.3) is 0 Å². The first-order valence-corrected chi connectivity index (χ1v) is 8.61. The predicted molar refractivity (Wildman–Crippen MR) is 96.2 cm³/mol. The highest BCUT2D eigenvalue weighted by Gasteiger charge is 2.35. The molecule has 0 saturated heterocycles. The number of amides is 1. The van der Waals surface area contributed by atoms with Gasteiger partial charge in [0, 0.05) is 6.54 Å². The van der Waals surface area contributed by atoms with Gasteiger partial charge in [0.15, 0.2) is 0 Å². The van der Waals surface area contributed by atoms with Crippen LogP contribution >= 0.6 is 0 Å². The van der Waals surface area contributed by atoms with Gasteiger partial charge in [-0.25, -0.2) is 0 Å². The number of carboxylic acid groups (broad SMARTS) is 1. The summed E-state index contributed by atoms with van der Waals surface area (Å²) in [5.41, 5.74) is -0.896. The van der Waals surface area contributed by atoms with Gasteiger partial charge in [-0.3, -0.25) is 9.59 Å². The maximum atomic E-state index is 13.0. The molecule has 5 nitrogen and oxygen atoms in total. The molecule has 0 aromatic heterocycles. The fourth-order valence-electron chi connectivity index (χ4n) is 2.66. The Hall–Kier alpha value is -3.03. The molecule has 0 fully saturated rings. The Morgan fingerprint density at radius 3 is 2.32 bits per heavy atom. The van der Waals surface area contributed by atoms with Crippen molar-refractivity contribution in [2.75, 3.05) is 13.2 Å². The molecule has 0 saturated carbocycles. The summed E-state index contributed by atoms with van der Waals surface area (Å²) in [5, 5.41) is 11.7. The van der Waals surface area contributed by atoms with Crippen LogP contribution in [0.4, 0.5) is 13.2 Å². The number of hydrogen-bond donors (Lipinski definition) is 2. The smallest absolute Gasteiger partial charge is 0.417 e. The minimum atomic E-state index is -4.68. The van der Waals surface area contributed by atoms with Gasteiger partial charge in [-0.2, -0.15) is 13.2 Å². The predicted octanol–water partition coefficient (Wildman–Crippen LogP) is 3.78. The average Bonchev–Trinajstić information content (AvgIpc) is 2.65. The summed E-state index contributed by atoms with van der Waals surface area (Å²) in [5.74, 6) is -2.46. The van der Waals surface area contributed by atoms with Crippen LogP contribution in [-0.2, 0) is 17.4 Å². The van der Waals surface area contributed by atoms with Crippen LogP contribution in [0, 0.1) is 5.92 Å².